The van der Waals surface area contributed by atoms with Gasteiger partial charge in [-0.15, -0.1) is 0 Å². The molecule has 0 radical (unpaired) electrons. The lowest BCUT2D eigenvalue weighted by molar-refractivity contribution is -0.140. The number of aliphatic hydroxyl groups is 1. The number of benzene rings is 1. The van der Waals surface area contributed by atoms with Gasteiger partial charge in [-0.05, 0) is 31.0 Å². The summed E-state index contributed by atoms with van der Waals surface area (Å²) in [6.07, 6.45) is -4.03. The SMILES string of the molecule is O=S(=O)(c1ccc(F)c(C(F)(F)F)c1)N1CCC[C@@H]1CO. The number of hydrogen-bond donors (Lipinski definition) is 1. The molecular formula is C12H13F4NO3S. The van der Waals surface area contributed by atoms with Crippen LogP contribution in [0.3, 0.4) is 0 Å². The van der Waals surface area contributed by atoms with Gasteiger partial charge in [0.05, 0.1) is 17.1 Å². The molecule has 0 aromatic heterocycles. The molecule has 0 spiro atoms. The van der Waals surface area contributed by atoms with Gasteiger partial charge in [-0.2, -0.15) is 17.5 Å². The number of sulfonamides is 1. The molecule has 2 rings (SSSR count). The molecule has 1 N–H and O–H groups in total. The minimum Gasteiger partial charge on any atom is -0.395 e. The van der Waals surface area contributed by atoms with Crippen LogP contribution in [0.5, 0.6) is 0 Å². The molecule has 1 aromatic carbocycles. The summed E-state index contributed by atoms with van der Waals surface area (Å²) in [6, 6.07) is 0.915. The normalized spacial score (nSPS) is 20.9. The number of aliphatic hydroxyl groups excluding tert-OH is 1. The molecule has 1 heterocycles. The third-order valence-corrected chi connectivity index (χ3v) is 5.33. The van der Waals surface area contributed by atoms with Crippen molar-refractivity contribution in [3.8, 4) is 0 Å². The highest BCUT2D eigenvalue weighted by atomic mass is 32.2. The van der Waals surface area contributed by atoms with E-state index in [-0.39, 0.29) is 12.6 Å². The Morgan fingerprint density at radius 3 is 2.57 bits per heavy atom. The number of hydrogen-bond acceptors (Lipinski definition) is 3. The van der Waals surface area contributed by atoms with Crippen LogP contribution in [0.15, 0.2) is 23.1 Å². The van der Waals surface area contributed by atoms with E-state index in [9.17, 15) is 26.0 Å². The maximum Gasteiger partial charge on any atom is 0.419 e. The van der Waals surface area contributed by atoms with Gasteiger partial charge >= 0.3 is 6.18 Å². The van der Waals surface area contributed by atoms with Gasteiger partial charge in [0, 0.05) is 12.6 Å². The van der Waals surface area contributed by atoms with E-state index in [0.717, 1.165) is 10.4 Å². The lowest BCUT2D eigenvalue weighted by Crippen LogP contribution is -2.37. The van der Waals surface area contributed by atoms with Crippen molar-refractivity contribution in [1.82, 2.24) is 4.31 Å². The van der Waals surface area contributed by atoms with Crippen molar-refractivity contribution < 1.29 is 31.1 Å². The Morgan fingerprint density at radius 2 is 2.00 bits per heavy atom. The highest BCUT2D eigenvalue weighted by Crippen LogP contribution is 2.34. The molecule has 1 saturated heterocycles. The average molecular weight is 327 g/mol. The average Bonchev–Trinajstić information content (AvgIpc) is 2.86. The Labute approximate surface area is 119 Å². The third kappa shape index (κ3) is 3.04. The standard InChI is InChI=1S/C12H13F4NO3S/c13-11-4-3-9(6-10(11)12(14,15)16)21(19,20)17-5-1-2-8(17)7-18/h3-4,6,8,18H,1-2,5,7H2/t8-/m1/s1. The molecular weight excluding hydrogens is 314 g/mol. The molecule has 9 heteroatoms. The quantitative estimate of drug-likeness (QED) is 0.864. The van der Waals surface area contributed by atoms with Crippen molar-refractivity contribution in [2.24, 2.45) is 0 Å². The maximum atomic E-state index is 13.2. The molecule has 4 nitrogen and oxygen atoms in total. The Balaban J connectivity index is 2.46. The van der Waals surface area contributed by atoms with Crippen LogP contribution in [0, 0.1) is 5.82 Å². The lowest BCUT2D eigenvalue weighted by atomic mass is 10.2. The Morgan fingerprint density at radius 1 is 1.33 bits per heavy atom. The van der Waals surface area contributed by atoms with E-state index in [2.05, 4.69) is 0 Å². The van der Waals surface area contributed by atoms with Crippen LogP contribution in [-0.4, -0.2) is 37.0 Å². The molecule has 118 valence electrons. The fraction of sp³-hybridized carbons (Fsp3) is 0.500. The first-order valence-corrected chi connectivity index (χ1v) is 7.61. The molecule has 0 aliphatic carbocycles. The van der Waals surface area contributed by atoms with Crippen LogP contribution in [0.25, 0.3) is 0 Å². The van der Waals surface area contributed by atoms with Crippen molar-refractivity contribution in [2.45, 2.75) is 30.0 Å². The largest absolute Gasteiger partial charge is 0.419 e. The van der Waals surface area contributed by atoms with Crippen LogP contribution in [0.4, 0.5) is 17.6 Å². The van der Waals surface area contributed by atoms with Crippen molar-refractivity contribution in [3.63, 3.8) is 0 Å². The molecule has 1 aliphatic rings. The predicted molar refractivity (Wildman–Crippen MR) is 65.4 cm³/mol. The van der Waals surface area contributed by atoms with Crippen molar-refractivity contribution >= 4 is 10.0 Å². The van der Waals surface area contributed by atoms with Crippen LogP contribution in [-0.2, 0) is 16.2 Å². The van der Waals surface area contributed by atoms with Crippen LogP contribution < -0.4 is 0 Å². The van der Waals surface area contributed by atoms with Gasteiger partial charge in [-0.3, -0.25) is 0 Å². The predicted octanol–water partition coefficient (Wildman–Crippen LogP) is 1.99. The van der Waals surface area contributed by atoms with E-state index in [1.54, 1.807) is 0 Å². The van der Waals surface area contributed by atoms with E-state index < -0.39 is 45.1 Å². The van der Waals surface area contributed by atoms with Gasteiger partial charge < -0.3 is 5.11 Å². The summed E-state index contributed by atoms with van der Waals surface area (Å²) in [5.74, 6) is -1.53. The van der Waals surface area contributed by atoms with Crippen LogP contribution >= 0.6 is 0 Å². The minimum atomic E-state index is -4.98. The minimum absolute atomic E-state index is 0.117. The zero-order valence-corrected chi connectivity index (χ0v) is 11.6. The second-order valence-electron chi connectivity index (χ2n) is 4.73. The second-order valence-corrected chi connectivity index (χ2v) is 6.62. The van der Waals surface area contributed by atoms with Gasteiger partial charge in [0.2, 0.25) is 10.0 Å². The van der Waals surface area contributed by atoms with Crippen molar-refractivity contribution in [3.05, 3.63) is 29.6 Å². The first-order valence-electron chi connectivity index (χ1n) is 6.17. The monoisotopic (exact) mass is 327 g/mol. The summed E-state index contributed by atoms with van der Waals surface area (Å²) in [5.41, 5.74) is -1.62. The molecule has 1 aromatic rings. The van der Waals surface area contributed by atoms with Crippen LogP contribution in [0.1, 0.15) is 18.4 Å². The molecule has 21 heavy (non-hydrogen) atoms. The molecule has 1 fully saturated rings. The molecule has 0 unspecified atom stereocenters. The second kappa shape index (κ2) is 5.54. The lowest BCUT2D eigenvalue weighted by Gasteiger charge is -2.22. The van der Waals surface area contributed by atoms with Gasteiger partial charge in [-0.1, -0.05) is 0 Å². The number of rotatable bonds is 3. The Hall–Kier alpha value is -1.19. The van der Waals surface area contributed by atoms with Crippen molar-refractivity contribution in [2.75, 3.05) is 13.2 Å². The van der Waals surface area contributed by atoms with E-state index in [1.807, 2.05) is 0 Å². The van der Waals surface area contributed by atoms with E-state index in [1.165, 1.54) is 0 Å². The smallest absolute Gasteiger partial charge is 0.395 e. The molecule has 1 atom stereocenters. The first-order chi connectivity index (χ1) is 9.67. The highest BCUT2D eigenvalue weighted by Gasteiger charge is 2.38. The molecule has 0 amide bonds. The number of alkyl halides is 3. The summed E-state index contributed by atoms with van der Waals surface area (Å²) in [4.78, 5) is -0.628. The van der Waals surface area contributed by atoms with E-state index >= 15 is 0 Å². The zero-order valence-electron chi connectivity index (χ0n) is 10.8. The Bertz CT molecular complexity index is 630. The summed E-state index contributed by atoms with van der Waals surface area (Å²) >= 11 is 0. The summed E-state index contributed by atoms with van der Waals surface area (Å²) < 4.78 is 76.7. The van der Waals surface area contributed by atoms with Crippen LogP contribution in [0.2, 0.25) is 0 Å². The van der Waals surface area contributed by atoms with Gasteiger partial charge in [0.25, 0.3) is 0 Å². The fourth-order valence-corrected chi connectivity index (χ4v) is 4.04. The highest BCUT2D eigenvalue weighted by molar-refractivity contribution is 7.89. The van der Waals surface area contributed by atoms with Gasteiger partial charge in [0.15, 0.2) is 0 Å². The van der Waals surface area contributed by atoms with Gasteiger partial charge in [-0.25, -0.2) is 12.8 Å². The summed E-state index contributed by atoms with van der Waals surface area (Å²) in [7, 11) is -4.19. The van der Waals surface area contributed by atoms with E-state index in [0.29, 0.717) is 18.9 Å². The topological polar surface area (TPSA) is 57.6 Å². The number of nitrogens with zero attached hydrogens (tertiary/aromatic N) is 1. The zero-order chi connectivity index (χ0) is 15.8. The maximum absolute atomic E-state index is 13.2. The van der Waals surface area contributed by atoms with E-state index in [4.69, 9.17) is 5.11 Å². The molecule has 1 aliphatic heterocycles. The summed E-state index contributed by atoms with van der Waals surface area (Å²) in [6.45, 7) is -0.293. The van der Waals surface area contributed by atoms with Gasteiger partial charge in [0.1, 0.15) is 5.82 Å². The van der Waals surface area contributed by atoms with Crippen molar-refractivity contribution in [1.29, 1.82) is 0 Å². The molecule has 0 bridgehead atoms. The first kappa shape index (κ1) is 16.2. The fourth-order valence-electron chi connectivity index (χ4n) is 2.33. The Kier molecular flexibility index (Phi) is 4.27. The summed E-state index contributed by atoms with van der Waals surface area (Å²) in [5, 5.41) is 9.13. The number of halogens is 4. The molecule has 0 saturated carbocycles. The third-order valence-electron chi connectivity index (χ3n) is 3.38.